The van der Waals surface area contributed by atoms with Crippen molar-refractivity contribution in [2.24, 2.45) is 0 Å². The minimum Gasteiger partial charge on any atom is -0.462 e. The zero-order valence-corrected chi connectivity index (χ0v) is 11.7. The van der Waals surface area contributed by atoms with Gasteiger partial charge >= 0.3 is 5.97 Å². The molecule has 0 aliphatic heterocycles. The minimum atomic E-state index is -0.620. The van der Waals surface area contributed by atoms with Crippen LogP contribution in [0.4, 0.5) is 14.5 Å². The first-order valence-corrected chi connectivity index (χ1v) is 6.46. The van der Waals surface area contributed by atoms with E-state index >= 15 is 0 Å². The van der Waals surface area contributed by atoms with Gasteiger partial charge in [-0.1, -0.05) is 0 Å². The molecule has 0 fully saturated rings. The quantitative estimate of drug-likeness (QED) is 0.693. The number of nitrogen functional groups attached to an aromatic ring is 1. The first kappa shape index (κ1) is 15.0. The van der Waals surface area contributed by atoms with Gasteiger partial charge in [-0.15, -0.1) is 0 Å². The Balaban J connectivity index is 2.59. The highest BCUT2D eigenvalue weighted by Crippen LogP contribution is 2.32. The Morgan fingerprint density at radius 3 is 2.52 bits per heavy atom. The van der Waals surface area contributed by atoms with Crippen LogP contribution in [0.2, 0.25) is 0 Å². The molecule has 0 amide bonds. The predicted molar refractivity (Wildman–Crippen MR) is 76.9 cm³/mol. The summed E-state index contributed by atoms with van der Waals surface area (Å²) in [5.74, 6) is -1.77. The summed E-state index contributed by atoms with van der Waals surface area (Å²) in [4.78, 5) is 11.7. The molecule has 0 unspecified atom stereocenters. The number of ether oxygens (including phenoxy) is 1. The highest BCUT2D eigenvalue weighted by molar-refractivity contribution is 5.92. The third kappa shape index (κ3) is 3.02. The lowest BCUT2D eigenvalue weighted by Crippen LogP contribution is -2.05. The number of halogens is 2. The normalized spacial score (nSPS) is 10.5. The van der Waals surface area contributed by atoms with Crippen LogP contribution in [-0.2, 0) is 4.74 Å². The summed E-state index contributed by atoms with van der Waals surface area (Å²) in [6, 6.07) is 6.62. The van der Waals surface area contributed by atoms with Crippen LogP contribution in [-0.4, -0.2) is 12.6 Å². The fraction of sp³-hybridized carbons (Fsp3) is 0.188. The molecule has 5 heteroatoms. The monoisotopic (exact) mass is 291 g/mol. The number of nitrogens with two attached hydrogens (primary N) is 1. The first-order valence-electron chi connectivity index (χ1n) is 6.46. The van der Waals surface area contributed by atoms with Gasteiger partial charge in [-0.25, -0.2) is 13.6 Å². The number of aryl methyl sites for hydroxylation is 1. The summed E-state index contributed by atoms with van der Waals surface area (Å²) in [7, 11) is 0. The summed E-state index contributed by atoms with van der Waals surface area (Å²) in [6.45, 7) is 3.57. The van der Waals surface area contributed by atoms with E-state index < -0.39 is 17.6 Å². The molecular formula is C16H15F2NO2. The molecule has 0 aromatic heterocycles. The van der Waals surface area contributed by atoms with Gasteiger partial charge in [0.1, 0.15) is 11.6 Å². The zero-order valence-electron chi connectivity index (χ0n) is 11.7. The third-order valence-corrected chi connectivity index (χ3v) is 3.04. The predicted octanol–water partition coefficient (Wildman–Crippen LogP) is 3.70. The Hall–Kier alpha value is -2.43. The Bertz CT molecular complexity index is 699. The number of benzene rings is 2. The number of hydrogen-bond donors (Lipinski definition) is 1. The molecule has 0 saturated carbocycles. The third-order valence-electron chi connectivity index (χ3n) is 3.04. The Kier molecular flexibility index (Phi) is 4.21. The standard InChI is InChI=1S/C16H15F2NO2/c1-3-21-16(20)10-4-5-13(17)11(8-10)12-6-9(2)7-14(18)15(12)19/h4-8H,3,19H2,1-2H3. The van der Waals surface area contributed by atoms with Crippen molar-refractivity contribution in [3.8, 4) is 11.1 Å². The van der Waals surface area contributed by atoms with E-state index in [9.17, 15) is 13.6 Å². The summed E-state index contributed by atoms with van der Waals surface area (Å²) >= 11 is 0. The van der Waals surface area contributed by atoms with Gasteiger partial charge in [-0.2, -0.15) is 0 Å². The van der Waals surface area contributed by atoms with Gasteiger partial charge in [0.05, 0.1) is 17.9 Å². The van der Waals surface area contributed by atoms with Gasteiger partial charge in [0.15, 0.2) is 0 Å². The lowest BCUT2D eigenvalue weighted by Gasteiger charge is -2.11. The molecule has 0 spiro atoms. The van der Waals surface area contributed by atoms with Crippen LogP contribution in [0.3, 0.4) is 0 Å². The lowest BCUT2D eigenvalue weighted by molar-refractivity contribution is 0.0526. The molecule has 110 valence electrons. The van der Waals surface area contributed by atoms with E-state index in [1.807, 2.05) is 0 Å². The van der Waals surface area contributed by atoms with E-state index in [2.05, 4.69) is 0 Å². The van der Waals surface area contributed by atoms with Crippen LogP contribution in [0, 0.1) is 18.6 Å². The van der Waals surface area contributed by atoms with Crippen LogP contribution in [0.15, 0.2) is 30.3 Å². The summed E-state index contributed by atoms with van der Waals surface area (Å²) < 4.78 is 32.6. The Labute approximate surface area is 121 Å². The molecule has 2 N–H and O–H groups in total. The number of anilines is 1. The number of esters is 1. The number of hydrogen-bond acceptors (Lipinski definition) is 3. The topological polar surface area (TPSA) is 52.3 Å². The second-order valence-corrected chi connectivity index (χ2v) is 4.62. The highest BCUT2D eigenvalue weighted by atomic mass is 19.1. The Morgan fingerprint density at radius 2 is 1.86 bits per heavy atom. The van der Waals surface area contributed by atoms with Crippen LogP contribution >= 0.6 is 0 Å². The summed E-state index contributed by atoms with van der Waals surface area (Å²) in [5.41, 5.74) is 6.61. The molecule has 21 heavy (non-hydrogen) atoms. The lowest BCUT2D eigenvalue weighted by atomic mass is 9.98. The fourth-order valence-corrected chi connectivity index (χ4v) is 2.05. The maximum Gasteiger partial charge on any atom is 0.338 e. The van der Waals surface area contributed by atoms with E-state index in [0.29, 0.717) is 5.56 Å². The molecule has 0 radical (unpaired) electrons. The van der Waals surface area contributed by atoms with E-state index in [1.165, 1.54) is 18.2 Å². The molecule has 3 nitrogen and oxygen atoms in total. The zero-order chi connectivity index (χ0) is 15.6. The molecule has 0 aliphatic carbocycles. The molecule has 2 aromatic carbocycles. The van der Waals surface area contributed by atoms with Crippen molar-refractivity contribution >= 4 is 11.7 Å². The van der Waals surface area contributed by atoms with Crippen LogP contribution in [0.1, 0.15) is 22.8 Å². The Morgan fingerprint density at radius 1 is 1.14 bits per heavy atom. The second kappa shape index (κ2) is 5.91. The largest absolute Gasteiger partial charge is 0.462 e. The van der Waals surface area contributed by atoms with Gasteiger partial charge in [0.25, 0.3) is 0 Å². The molecular weight excluding hydrogens is 276 g/mol. The van der Waals surface area contributed by atoms with Gasteiger partial charge < -0.3 is 10.5 Å². The van der Waals surface area contributed by atoms with Crippen molar-refractivity contribution in [3.63, 3.8) is 0 Å². The van der Waals surface area contributed by atoms with Crippen molar-refractivity contribution in [1.29, 1.82) is 0 Å². The average molecular weight is 291 g/mol. The fourth-order valence-electron chi connectivity index (χ4n) is 2.05. The van der Waals surface area contributed by atoms with E-state index in [1.54, 1.807) is 19.9 Å². The van der Waals surface area contributed by atoms with Crippen molar-refractivity contribution in [3.05, 3.63) is 53.1 Å². The van der Waals surface area contributed by atoms with Crippen LogP contribution in [0.25, 0.3) is 11.1 Å². The average Bonchev–Trinajstić information content (AvgIpc) is 2.43. The summed E-state index contributed by atoms with van der Waals surface area (Å²) in [5, 5.41) is 0. The maximum absolute atomic E-state index is 14.0. The van der Waals surface area contributed by atoms with Gasteiger partial charge in [0.2, 0.25) is 0 Å². The van der Waals surface area contributed by atoms with Gasteiger partial charge in [-0.05, 0) is 49.7 Å². The second-order valence-electron chi connectivity index (χ2n) is 4.62. The van der Waals surface area contributed by atoms with Crippen LogP contribution < -0.4 is 5.73 Å². The number of rotatable bonds is 3. The SMILES string of the molecule is CCOC(=O)c1ccc(F)c(-c2cc(C)cc(F)c2N)c1. The van der Waals surface area contributed by atoms with E-state index in [0.717, 1.165) is 6.07 Å². The molecule has 2 rings (SSSR count). The molecule has 0 heterocycles. The van der Waals surface area contributed by atoms with Crippen molar-refractivity contribution in [1.82, 2.24) is 0 Å². The highest BCUT2D eigenvalue weighted by Gasteiger charge is 2.16. The smallest absolute Gasteiger partial charge is 0.338 e. The van der Waals surface area contributed by atoms with E-state index in [-0.39, 0.29) is 29.0 Å². The molecule has 2 aromatic rings. The van der Waals surface area contributed by atoms with Gasteiger partial charge in [-0.3, -0.25) is 0 Å². The van der Waals surface area contributed by atoms with Crippen molar-refractivity contribution in [2.75, 3.05) is 12.3 Å². The molecule has 0 aliphatic rings. The molecule has 0 bridgehead atoms. The van der Waals surface area contributed by atoms with Crippen molar-refractivity contribution in [2.45, 2.75) is 13.8 Å². The van der Waals surface area contributed by atoms with E-state index in [4.69, 9.17) is 10.5 Å². The van der Waals surface area contributed by atoms with Crippen molar-refractivity contribution < 1.29 is 18.3 Å². The van der Waals surface area contributed by atoms with Gasteiger partial charge in [0, 0.05) is 11.1 Å². The molecule has 0 atom stereocenters. The first-order chi connectivity index (χ1) is 9.93. The minimum absolute atomic E-state index is 0.0700. The number of carbonyl (C=O) groups is 1. The van der Waals surface area contributed by atoms with Crippen LogP contribution in [0.5, 0.6) is 0 Å². The summed E-state index contributed by atoms with van der Waals surface area (Å²) in [6.07, 6.45) is 0. The number of carbonyl (C=O) groups excluding carboxylic acids is 1. The molecule has 0 saturated heterocycles. The maximum atomic E-state index is 14.0.